The van der Waals surface area contributed by atoms with Crippen molar-refractivity contribution in [1.29, 1.82) is 0 Å². The van der Waals surface area contributed by atoms with Crippen LogP contribution in [0, 0.1) is 0 Å². The van der Waals surface area contributed by atoms with Crippen LogP contribution < -0.4 is 4.43 Å². The van der Waals surface area contributed by atoms with Gasteiger partial charge in [0.1, 0.15) is 11.4 Å². The van der Waals surface area contributed by atoms with Crippen LogP contribution in [-0.4, -0.2) is 81.7 Å². The number of hydrogen-bond acceptors (Lipinski definition) is 9. The average Bonchev–Trinajstić information content (AvgIpc) is 3.54. The lowest BCUT2D eigenvalue weighted by molar-refractivity contribution is -0.0365. The third-order valence-electron chi connectivity index (χ3n) is 8.03. The normalized spacial score (nSPS) is 18.2. The summed E-state index contributed by atoms with van der Waals surface area (Å²) in [4.78, 5) is 0. The average molecular weight is 637 g/mol. The van der Waals surface area contributed by atoms with E-state index in [4.69, 9.17) is 27.9 Å². The van der Waals surface area contributed by atoms with Crippen molar-refractivity contribution in [1.82, 2.24) is 19.6 Å². The van der Waals surface area contributed by atoms with Gasteiger partial charge in [0.25, 0.3) is 10.1 Å². The molecule has 0 N–H and O–H groups in total. The Morgan fingerprint density at radius 3 is 2.49 bits per heavy atom. The molecule has 3 unspecified atom stereocenters. The van der Waals surface area contributed by atoms with Gasteiger partial charge in [-0.15, -0.1) is 0 Å². The summed E-state index contributed by atoms with van der Waals surface area (Å²) in [7, 11) is -5.52. The van der Waals surface area contributed by atoms with Crippen molar-refractivity contribution in [3.8, 4) is 17.0 Å². The van der Waals surface area contributed by atoms with E-state index in [1.807, 2.05) is 28.7 Å². The van der Waals surface area contributed by atoms with Crippen LogP contribution in [0.4, 0.5) is 0 Å². The quantitative estimate of drug-likeness (QED) is 0.120. The van der Waals surface area contributed by atoms with Gasteiger partial charge in [-0.1, -0.05) is 20.8 Å². The lowest BCUT2D eigenvalue weighted by atomic mass is 10.1. The minimum absolute atomic E-state index is 0.0197. The zero-order valence-electron chi connectivity index (χ0n) is 26.8. The number of rotatable bonds is 14. The molecular formula is C30H48N4O7SSi. The van der Waals surface area contributed by atoms with Crippen molar-refractivity contribution in [2.45, 2.75) is 90.4 Å². The highest BCUT2D eigenvalue weighted by Gasteiger charge is 2.39. The van der Waals surface area contributed by atoms with Crippen molar-refractivity contribution >= 4 is 29.3 Å². The number of hydrogen-bond donors (Lipinski definition) is 0. The molecule has 1 aromatic carbocycles. The molecule has 0 spiro atoms. The van der Waals surface area contributed by atoms with Crippen molar-refractivity contribution in [3.05, 3.63) is 30.6 Å². The summed E-state index contributed by atoms with van der Waals surface area (Å²) in [5, 5.41) is 10.8. The van der Waals surface area contributed by atoms with Crippen molar-refractivity contribution in [2.75, 3.05) is 39.3 Å². The number of ether oxygens (including phenoxy) is 3. The Kier molecular flexibility index (Phi) is 10.8. The van der Waals surface area contributed by atoms with E-state index in [-0.39, 0.29) is 23.9 Å². The van der Waals surface area contributed by atoms with Gasteiger partial charge in [-0.3, -0.25) is 8.86 Å². The fraction of sp³-hybridized carbons (Fsp3) is 0.667. The van der Waals surface area contributed by atoms with Gasteiger partial charge in [-0.05, 0) is 69.4 Å². The summed E-state index contributed by atoms with van der Waals surface area (Å²) in [6.07, 6.45) is 7.35. The second-order valence-corrected chi connectivity index (χ2v) is 19.3. The smallest absolute Gasteiger partial charge is 0.264 e. The Bertz CT molecular complexity index is 1460. The lowest BCUT2D eigenvalue weighted by Crippen LogP contribution is -2.43. The monoisotopic (exact) mass is 636 g/mol. The van der Waals surface area contributed by atoms with Crippen molar-refractivity contribution in [2.24, 2.45) is 0 Å². The summed E-state index contributed by atoms with van der Waals surface area (Å²) in [5.74, 6) is 0.859. The molecule has 3 atom stereocenters. The Hall–Kier alpha value is -2.29. The molecule has 13 heteroatoms. The maximum Gasteiger partial charge on any atom is 0.264 e. The predicted molar refractivity (Wildman–Crippen MR) is 169 cm³/mol. The van der Waals surface area contributed by atoms with Gasteiger partial charge in [0.15, 0.2) is 6.23 Å². The molecule has 1 aliphatic rings. The summed E-state index contributed by atoms with van der Waals surface area (Å²) in [6.45, 7) is 17.0. The van der Waals surface area contributed by atoms with Crippen LogP contribution >= 0.6 is 0 Å². The summed E-state index contributed by atoms with van der Waals surface area (Å²) in [5.41, 5.74) is 2.78. The molecule has 0 bridgehead atoms. The maximum absolute atomic E-state index is 11.2. The number of aromatic nitrogens is 4. The molecular weight excluding hydrogens is 589 g/mol. The second kappa shape index (κ2) is 13.8. The van der Waals surface area contributed by atoms with E-state index in [0.29, 0.717) is 19.8 Å². The maximum atomic E-state index is 11.2. The Morgan fingerprint density at radius 2 is 1.84 bits per heavy atom. The van der Waals surface area contributed by atoms with E-state index in [2.05, 4.69) is 57.2 Å². The molecule has 4 rings (SSSR count). The predicted octanol–water partition coefficient (Wildman–Crippen LogP) is 5.94. The molecule has 3 aromatic rings. The highest BCUT2D eigenvalue weighted by Crippen LogP contribution is 2.40. The van der Waals surface area contributed by atoms with Gasteiger partial charge in [0.05, 0.1) is 56.5 Å². The van der Waals surface area contributed by atoms with Crippen LogP contribution in [0.1, 0.15) is 66.2 Å². The first kappa shape index (κ1) is 33.6. The highest BCUT2D eigenvalue weighted by molar-refractivity contribution is 7.86. The van der Waals surface area contributed by atoms with Crippen LogP contribution in [0.2, 0.25) is 18.1 Å². The minimum Gasteiger partial charge on any atom is -0.543 e. The van der Waals surface area contributed by atoms with Crippen LogP contribution in [0.15, 0.2) is 30.6 Å². The van der Waals surface area contributed by atoms with Gasteiger partial charge < -0.3 is 18.6 Å². The van der Waals surface area contributed by atoms with E-state index in [1.165, 1.54) is 0 Å². The molecule has 0 amide bonds. The van der Waals surface area contributed by atoms with Gasteiger partial charge >= 0.3 is 0 Å². The van der Waals surface area contributed by atoms with Gasteiger partial charge in [0, 0.05) is 23.8 Å². The molecule has 0 aliphatic carbocycles. The van der Waals surface area contributed by atoms with Crippen molar-refractivity contribution < 1.29 is 31.2 Å². The molecule has 2 aromatic heterocycles. The largest absolute Gasteiger partial charge is 0.543 e. The molecule has 1 aliphatic heterocycles. The van der Waals surface area contributed by atoms with E-state index in [1.54, 1.807) is 6.92 Å². The van der Waals surface area contributed by atoms with E-state index in [9.17, 15) is 8.42 Å². The highest BCUT2D eigenvalue weighted by atomic mass is 32.2. The van der Waals surface area contributed by atoms with Crippen LogP contribution in [0.25, 0.3) is 22.2 Å². The molecule has 240 valence electrons. The SMILES string of the molecule is CC(COCCOCC(C)n1cc(-c2nn(C3CCCCO3)c3ccc(O[Si](C)(C)C(C)(C)C)cc23)cn1)OS(C)(=O)=O. The van der Waals surface area contributed by atoms with Crippen LogP contribution in [0.3, 0.4) is 0 Å². The molecule has 0 saturated carbocycles. The van der Waals surface area contributed by atoms with Gasteiger partial charge in [-0.2, -0.15) is 18.6 Å². The van der Waals surface area contributed by atoms with E-state index in [0.717, 1.165) is 60.0 Å². The Morgan fingerprint density at radius 1 is 1.12 bits per heavy atom. The third kappa shape index (κ3) is 8.89. The van der Waals surface area contributed by atoms with Crippen molar-refractivity contribution in [3.63, 3.8) is 0 Å². The van der Waals surface area contributed by atoms with Crippen LogP contribution in [-0.2, 0) is 28.5 Å². The second-order valence-electron chi connectivity index (χ2n) is 13.0. The fourth-order valence-corrected chi connectivity index (χ4v) is 6.38. The third-order valence-corrected chi connectivity index (χ3v) is 13.1. The lowest BCUT2D eigenvalue weighted by Gasteiger charge is -2.36. The summed E-state index contributed by atoms with van der Waals surface area (Å²) >= 11 is 0. The minimum atomic E-state index is -3.50. The first-order chi connectivity index (χ1) is 20.1. The van der Waals surface area contributed by atoms with Gasteiger partial charge in [0.2, 0.25) is 8.32 Å². The summed E-state index contributed by atoms with van der Waals surface area (Å²) in [6, 6.07) is 6.25. The number of nitrogens with zero attached hydrogens (tertiary/aromatic N) is 4. The number of fused-ring (bicyclic) bond motifs is 1. The molecule has 1 fully saturated rings. The first-order valence-electron chi connectivity index (χ1n) is 15.1. The standard InChI is InChI=1S/C30H48N4O7SSi/c1-22(20-37-15-16-38-21-23(2)40-42(6,35)36)33-19-24(18-31-33)29-26-17-25(41-43(7,8)30(3,4)5)12-13-27(26)34(32-29)28-11-9-10-14-39-28/h12-13,17-19,22-23,28H,9-11,14-16,20-21H2,1-8H3. The summed E-state index contributed by atoms with van der Waals surface area (Å²) < 4.78 is 55.2. The zero-order chi connectivity index (χ0) is 31.4. The topological polar surface area (TPSA) is 116 Å². The Balaban J connectivity index is 1.47. The van der Waals surface area contributed by atoms with E-state index < -0.39 is 24.5 Å². The number of benzene rings is 1. The fourth-order valence-electron chi connectivity index (χ4n) is 4.71. The molecule has 43 heavy (non-hydrogen) atoms. The Labute approximate surface area is 257 Å². The molecule has 3 heterocycles. The van der Waals surface area contributed by atoms with Crippen LogP contribution in [0.5, 0.6) is 5.75 Å². The first-order valence-corrected chi connectivity index (χ1v) is 19.8. The van der Waals surface area contributed by atoms with E-state index >= 15 is 0 Å². The molecule has 11 nitrogen and oxygen atoms in total. The zero-order valence-corrected chi connectivity index (χ0v) is 28.6. The van der Waals surface area contributed by atoms with Gasteiger partial charge in [-0.25, -0.2) is 4.68 Å². The molecule has 0 radical (unpaired) electrons. The molecule has 1 saturated heterocycles.